The fourth-order valence-electron chi connectivity index (χ4n) is 1.13. The lowest BCUT2D eigenvalue weighted by atomic mass is 10.7. The molecule has 0 spiro atoms. The molecule has 0 saturated heterocycles. The first-order valence-corrected chi connectivity index (χ1v) is 17.9. The minimum absolute atomic E-state index is 0.566. The van der Waals surface area contributed by atoms with Crippen LogP contribution in [-0.2, 0) is 23.7 Å². The van der Waals surface area contributed by atoms with Crippen LogP contribution in [0, 0.1) is 0 Å². The van der Waals surface area contributed by atoms with Gasteiger partial charge >= 0.3 is 0 Å². The Bertz CT molecular complexity index is 246. The second kappa shape index (κ2) is 60.8. The molecule has 0 bridgehead atoms. The number of nitrogens with two attached hydrogens (primary N) is 4. The van der Waals surface area contributed by atoms with Crippen LogP contribution >= 0.6 is 95.6 Å². The van der Waals surface area contributed by atoms with Crippen molar-refractivity contribution in [2.24, 2.45) is 22.9 Å². The van der Waals surface area contributed by atoms with Crippen molar-refractivity contribution in [2.45, 2.75) is 0 Å². The highest BCUT2D eigenvalue weighted by atomic mass is 79.9. The molecule has 0 aromatic heterocycles. The molecule has 0 aromatic rings. The van der Waals surface area contributed by atoms with Crippen LogP contribution in [0.5, 0.6) is 0 Å². The second-order valence-corrected chi connectivity index (χ2v) is 10.1. The lowest BCUT2D eigenvalue weighted by molar-refractivity contribution is 0.0538. The van der Waals surface area contributed by atoms with Crippen molar-refractivity contribution in [3.05, 3.63) is 0 Å². The monoisotopic (exact) mass is 898 g/mol. The number of rotatable bonds is 20. The van der Waals surface area contributed by atoms with E-state index in [4.69, 9.17) is 46.6 Å². The van der Waals surface area contributed by atoms with Crippen molar-refractivity contribution in [3.8, 4) is 0 Å². The van der Waals surface area contributed by atoms with Gasteiger partial charge in [-0.1, -0.05) is 95.6 Å². The molecule has 9 nitrogen and oxygen atoms in total. The summed E-state index contributed by atoms with van der Waals surface area (Å²) in [5.74, 6) is 0. The highest BCUT2D eigenvalue weighted by Crippen LogP contribution is 1.85. The van der Waals surface area contributed by atoms with Crippen LogP contribution in [0.2, 0.25) is 0 Å². The van der Waals surface area contributed by atoms with Crippen LogP contribution < -0.4 is 22.9 Å². The van der Waals surface area contributed by atoms with Gasteiger partial charge in [-0.2, -0.15) is 0 Å². The zero-order valence-electron chi connectivity index (χ0n) is 20.8. The highest BCUT2D eigenvalue weighted by molar-refractivity contribution is 9.12. The molecule has 220 valence electrons. The Hall–Kier alpha value is 2.52. The Balaban J connectivity index is -0.000000113. The molecule has 0 atom stereocenters. The Morgan fingerprint density at radius 1 is 0.286 bits per heavy atom. The predicted octanol–water partition coefficient (Wildman–Crippen LogP) is 3.22. The van der Waals surface area contributed by atoms with Gasteiger partial charge in [0.2, 0.25) is 0 Å². The molecule has 0 aromatic carbocycles. The third-order valence-corrected chi connectivity index (χ3v) is 5.54. The van der Waals surface area contributed by atoms with E-state index >= 15 is 0 Å². The van der Waals surface area contributed by atoms with Crippen molar-refractivity contribution in [1.82, 2.24) is 0 Å². The average Bonchev–Trinajstić information content (AvgIpc) is 2.89. The standard InChI is InChI=1S/C6H12Br2O2.C6H16N2O2.C4H8Br2O.C2H4Br2.C2H8N2/c2*7-1-3-9-5-6-10-4-2-8;5-1-3-7-4-2-6;2*3-1-2-4/h1-6H2;1-8H2;1-4H2;1-2H2;1-4H2. The number of ether oxygens (including phenoxy) is 5. The van der Waals surface area contributed by atoms with Crippen LogP contribution in [0.25, 0.3) is 0 Å². The molecule has 0 amide bonds. The van der Waals surface area contributed by atoms with Crippen LogP contribution in [-0.4, -0.2) is 124 Å². The van der Waals surface area contributed by atoms with Crippen molar-refractivity contribution in [1.29, 1.82) is 0 Å². The molecule has 0 aliphatic rings. The zero-order chi connectivity index (χ0) is 27.7. The van der Waals surface area contributed by atoms with Gasteiger partial charge in [-0.05, 0) is 0 Å². The summed E-state index contributed by atoms with van der Waals surface area (Å²) in [7, 11) is 0. The Morgan fingerprint density at radius 2 is 0.514 bits per heavy atom. The van der Waals surface area contributed by atoms with Crippen LogP contribution in [0.4, 0.5) is 0 Å². The normalized spacial score (nSPS) is 9.43. The predicted molar refractivity (Wildman–Crippen MR) is 173 cm³/mol. The zero-order valence-corrected chi connectivity index (χ0v) is 30.3. The summed E-state index contributed by atoms with van der Waals surface area (Å²) in [4.78, 5) is 0. The summed E-state index contributed by atoms with van der Waals surface area (Å²) < 4.78 is 25.4. The van der Waals surface area contributed by atoms with Gasteiger partial charge in [-0.15, -0.1) is 0 Å². The molecule has 0 saturated carbocycles. The Morgan fingerprint density at radius 3 is 0.686 bits per heavy atom. The Kier molecular flexibility index (Phi) is 82.2. The van der Waals surface area contributed by atoms with Crippen molar-refractivity contribution in [3.63, 3.8) is 0 Å². The van der Waals surface area contributed by atoms with Gasteiger partial charge in [0.05, 0.1) is 66.1 Å². The van der Waals surface area contributed by atoms with Crippen molar-refractivity contribution in [2.75, 3.05) is 124 Å². The molecular formula is C20H48Br6N4O5. The first-order valence-electron chi connectivity index (χ1n) is 11.1. The molecule has 0 aliphatic heterocycles. The number of hydrogen-bond donors (Lipinski definition) is 4. The fraction of sp³-hybridized carbons (Fsp3) is 1.00. The van der Waals surface area contributed by atoms with Gasteiger partial charge < -0.3 is 46.6 Å². The van der Waals surface area contributed by atoms with E-state index in [0.717, 1.165) is 58.4 Å². The first kappa shape index (κ1) is 47.3. The lowest BCUT2D eigenvalue weighted by Crippen LogP contribution is -2.14. The maximum absolute atomic E-state index is 5.18. The largest absolute Gasteiger partial charge is 0.380 e. The van der Waals surface area contributed by atoms with Gasteiger partial charge in [0.25, 0.3) is 0 Å². The number of hydrogen-bond acceptors (Lipinski definition) is 9. The van der Waals surface area contributed by atoms with Gasteiger partial charge in [-0.25, -0.2) is 0 Å². The summed E-state index contributed by atoms with van der Waals surface area (Å²) in [6, 6.07) is 0. The van der Waals surface area contributed by atoms with E-state index in [2.05, 4.69) is 95.6 Å². The van der Waals surface area contributed by atoms with E-state index in [-0.39, 0.29) is 0 Å². The van der Waals surface area contributed by atoms with E-state index < -0.39 is 0 Å². The molecule has 8 N–H and O–H groups in total. The summed E-state index contributed by atoms with van der Waals surface area (Å²) in [6.45, 7) is 9.28. The summed E-state index contributed by atoms with van der Waals surface area (Å²) >= 11 is 19.4. The van der Waals surface area contributed by atoms with Crippen LogP contribution in [0.15, 0.2) is 0 Å². The van der Waals surface area contributed by atoms with E-state index in [0.29, 0.717) is 65.8 Å². The molecule has 15 heteroatoms. The van der Waals surface area contributed by atoms with Crippen molar-refractivity contribution < 1.29 is 23.7 Å². The second-order valence-electron chi connectivity index (χ2n) is 5.35. The summed E-state index contributed by atoms with van der Waals surface area (Å²) in [5.41, 5.74) is 20.2. The van der Waals surface area contributed by atoms with Crippen LogP contribution in [0.3, 0.4) is 0 Å². The molecule has 35 heavy (non-hydrogen) atoms. The maximum atomic E-state index is 5.18. The van der Waals surface area contributed by atoms with Gasteiger partial charge in [-0.3, -0.25) is 0 Å². The average molecular weight is 904 g/mol. The molecular weight excluding hydrogens is 856 g/mol. The minimum Gasteiger partial charge on any atom is -0.380 e. The van der Waals surface area contributed by atoms with E-state index in [1.165, 1.54) is 0 Å². The summed E-state index contributed by atoms with van der Waals surface area (Å²) in [5, 5.41) is 5.75. The third-order valence-electron chi connectivity index (χ3n) is 2.39. The quantitative estimate of drug-likeness (QED) is 0.107. The number of halogens is 6. The third kappa shape index (κ3) is 85.8. The molecule has 0 heterocycles. The number of alkyl halides is 6. The van der Waals surface area contributed by atoms with Gasteiger partial charge in [0.1, 0.15) is 0 Å². The topological polar surface area (TPSA) is 150 Å². The SMILES string of the molecule is BrCCBr.BrCCOCCBr.BrCCOCCOCCBr.NCCN.NCCOCCOCCN. The fourth-order valence-corrected chi connectivity index (χ4v) is 2.05. The summed E-state index contributed by atoms with van der Waals surface area (Å²) in [6.07, 6.45) is 0. The van der Waals surface area contributed by atoms with E-state index in [1.807, 2.05) is 0 Å². The van der Waals surface area contributed by atoms with Gasteiger partial charge in [0.15, 0.2) is 0 Å². The van der Waals surface area contributed by atoms with Gasteiger partial charge in [0, 0.05) is 58.2 Å². The van der Waals surface area contributed by atoms with E-state index in [9.17, 15) is 0 Å². The highest BCUT2D eigenvalue weighted by Gasteiger charge is 1.87. The van der Waals surface area contributed by atoms with Crippen molar-refractivity contribution >= 4 is 95.6 Å². The molecule has 0 fully saturated rings. The smallest absolute Gasteiger partial charge is 0.0701 e. The molecule has 0 radical (unpaired) electrons. The first-order chi connectivity index (χ1) is 17.1. The van der Waals surface area contributed by atoms with E-state index in [1.54, 1.807) is 0 Å². The maximum Gasteiger partial charge on any atom is 0.0701 e. The molecule has 0 unspecified atom stereocenters. The Labute approximate surface area is 264 Å². The molecule has 0 rings (SSSR count). The van der Waals surface area contributed by atoms with Crippen LogP contribution in [0.1, 0.15) is 0 Å². The minimum atomic E-state index is 0.566. The lowest BCUT2D eigenvalue weighted by Gasteiger charge is -2.02. The molecule has 0 aliphatic carbocycles.